The third-order valence-corrected chi connectivity index (χ3v) is 2.65. The first-order chi connectivity index (χ1) is 6.79. The van der Waals surface area contributed by atoms with Crippen LogP contribution in [0.1, 0.15) is 32.6 Å². The van der Waals surface area contributed by atoms with Gasteiger partial charge in [0.1, 0.15) is 6.10 Å². The van der Waals surface area contributed by atoms with Crippen LogP contribution in [0, 0.1) is 5.92 Å². The molecule has 0 aromatic rings. The maximum atomic E-state index is 5.38. The standard InChI is InChI=1S/C12H19NO/c1-4-6-8-11-10(3)13-14-12(11)9-7-5-2/h4-5,11-12H,1-2,6-9H2,3H3/t11-,12-/m0/s1. The maximum absolute atomic E-state index is 5.38. The summed E-state index contributed by atoms with van der Waals surface area (Å²) in [5.41, 5.74) is 1.13. The van der Waals surface area contributed by atoms with Gasteiger partial charge in [0.15, 0.2) is 0 Å². The minimum absolute atomic E-state index is 0.257. The van der Waals surface area contributed by atoms with Crippen molar-refractivity contribution in [3.05, 3.63) is 25.3 Å². The Balaban J connectivity index is 2.43. The van der Waals surface area contributed by atoms with E-state index < -0.39 is 0 Å². The predicted octanol–water partition coefficient (Wildman–Crippen LogP) is 3.31. The van der Waals surface area contributed by atoms with E-state index in [2.05, 4.69) is 18.3 Å². The zero-order chi connectivity index (χ0) is 10.4. The molecule has 0 saturated heterocycles. The number of hydrogen-bond acceptors (Lipinski definition) is 2. The average Bonchev–Trinajstić information content (AvgIpc) is 2.53. The molecule has 0 fully saturated rings. The normalized spacial score (nSPS) is 25.4. The Labute approximate surface area is 86.3 Å². The van der Waals surface area contributed by atoms with Gasteiger partial charge in [0.25, 0.3) is 0 Å². The minimum Gasteiger partial charge on any atom is -0.392 e. The van der Waals surface area contributed by atoms with Crippen LogP contribution in [0.5, 0.6) is 0 Å². The summed E-state index contributed by atoms with van der Waals surface area (Å²) in [6.45, 7) is 9.50. The molecule has 1 aliphatic rings. The highest BCUT2D eigenvalue weighted by Gasteiger charge is 2.29. The van der Waals surface area contributed by atoms with E-state index >= 15 is 0 Å². The molecule has 2 atom stereocenters. The van der Waals surface area contributed by atoms with Gasteiger partial charge in [0, 0.05) is 5.92 Å². The SMILES string of the molecule is C=CCC[C@@H]1ON=C(C)[C@@H]1CCC=C. The van der Waals surface area contributed by atoms with Crippen LogP contribution in [0.3, 0.4) is 0 Å². The first-order valence-electron chi connectivity index (χ1n) is 5.21. The Morgan fingerprint density at radius 1 is 1.29 bits per heavy atom. The maximum Gasteiger partial charge on any atom is 0.136 e. The van der Waals surface area contributed by atoms with E-state index in [-0.39, 0.29) is 6.10 Å². The van der Waals surface area contributed by atoms with Crippen molar-refractivity contribution in [2.45, 2.75) is 38.7 Å². The third kappa shape index (κ3) is 2.72. The lowest BCUT2D eigenvalue weighted by atomic mass is 9.90. The number of nitrogens with zero attached hydrogens (tertiary/aromatic N) is 1. The lowest BCUT2D eigenvalue weighted by molar-refractivity contribution is 0.0546. The van der Waals surface area contributed by atoms with Crippen molar-refractivity contribution in [2.75, 3.05) is 0 Å². The van der Waals surface area contributed by atoms with Crippen molar-refractivity contribution >= 4 is 5.71 Å². The molecule has 0 unspecified atom stereocenters. The lowest BCUT2D eigenvalue weighted by Crippen LogP contribution is -2.21. The molecular weight excluding hydrogens is 174 g/mol. The van der Waals surface area contributed by atoms with Gasteiger partial charge in [-0.1, -0.05) is 17.3 Å². The average molecular weight is 193 g/mol. The van der Waals surface area contributed by atoms with Crippen LogP contribution in [0.25, 0.3) is 0 Å². The Kier molecular flexibility index (Phi) is 4.44. The van der Waals surface area contributed by atoms with Gasteiger partial charge in [0.2, 0.25) is 0 Å². The van der Waals surface area contributed by atoms with Crippen molar-refractivity contribution in [2.24, 2.45) is 11.1 Å². The molecule has 0 aromatic carbocycles. The van der Waals surface area contributed by atoms with E-state index in [4.69, 9.17) is 4.84 Å². The second-order valence-electron chi connectivity index (χ2n) is 3.72. The summed E-state index contributed by atoms with van der Waals surface area (Å²) in [6.07, 6.45) is 8.29. The third-order valence-electron chi connectivity index (χ3n) is 2.65. The highest BCUT2D eigenvalue weighted by molar-refractivity contribution is 5.85. The molecule has 0 amide bonds. The summed E-state index contributed by atoms with van der Waals surface area (Å²) in [6, 6.07) is 0. The zero-order valence-corrected chi connectivity index (χ0v) is 8.91. The van der Waals surface area contributed by atoms with Crippen LogP contribution < -0.4 is 0 Å². The fourth-order valence-electron chi connectivity index (χ4n) is 1.79. The highest BCUT2D eigenvalue weighted by Crippen LogP contribution is 2.26. The summed E-state index contributed by atoms with van der Waals surface area (Å²) in [7, 11) is 0. The molecule has 0 bridgehead atoms. The summed E-state index contributed by atoms with van der Waals surface area (Å²) in [4.78, 5) is 5.38. The van der Waals surface area contributed by atoms with Crippen molar-refractivity contribution in [1.29, 1.82) is 0 Å². The molecule has 2 heteroatoms. The van der Waals surface area contributed by atoms with Crippen molar-refractivity contribution in [3.63, 3.8) is 0 Å². The Morgan fingerprint density at radius 2 is 1.93 bits per heavy atom. The van der Waals surface area contributed by atoms with Crippen molar-refractivity contribution < 1.29 is 4.84 Å². The molecule has 0 aliphatic carbocycles. The number of hydrogen-bond donors (Lipinski definition) is 0. The van der Waals surface area contributed by atoms with E-state index in [1.807, 2.05) is 19.1 Å². The van der Waals surface area contributed by atoms with Gasteiger partial charge in [-0.25, -0.2) is 0 Å². The topological polar surface area (TPSA) is 21.6 Å². The van der Waals surface area contributed by atoms with E-state index in [0.717, 1.165) is 31.4 Å². The largest absolute Gasteiger partial charge is 0.392 e. The molecule has 2 nitrogen and oxygen atoms in total. The second kappa shape index (κ2) is 5.63. The predicted molar refractivity (Wildman–Crippen MR) is 60.3 cm³/mol. The van der Waals surface area contributed by atoms with Gasteiger partial charge in [-0.15, -0.1) is 13.2 Å². The van der Waals surface area contributed by atoms with Crippen molar-refractivity contribution in [1.82, 2.24) is 0 Å². The summed E-state index contributed by atoms with van der Waals surface area (Å²) in [5.74, 6) is 0.480. The molecule has 0 spiro atoms. The van der Waals surface area contributed by atoms with E-state index in [0.29, 0.717) is 5.92 Å². The molecule has 14 heavy (non-hydrogen) atoms. The number of rotatable bonds is 6. The van der Waals surface area contributed by atoms with E-state index in [1.54, 1.807) is 0 Å². The number of oxime groups is 1. The summed E-state index contributed by atoms with van der Waals surface area (Å²) >= 11 is 0. The summed E-state index contributed by atoms with van der Waals surface area (Å²) < 4.78 is 0. The van der Waals surface area contributed by atoms with Gasteiger partial charge in [-0.3, -0.25) is 0 Å². The zero-order valence-electron chi connectivity index (χ0n) is 8.91. The molecule has 1 rings (SSSR count). The van der Waals surface area contributed by atoms with Crippen molar-refractivity contribution in [3.8, 4) is 0 Å². The van der Waals surface area contributed by atoms with Gasteiger partial charge < -0.3 is 4.84 Å². The number of allylic oxidation sites excluding steroid dienone is 2. The molecule has 0 aromatic heterocycles. The Morgan fingerprint density at radius 3 is 2.57 bits per heavy atom. The van der Waals surface area contributed by atoms with Crippen LogP contribution in [-0.4, -0.2) is 11.8 Å². The Hall–Kier alpha value is -1.05. The minimum atomic E-state index is 0.257. The second-order valence-corrected chi connectivity index (χ2v) is 3.72. The quantitative estimate of drug-likeness (QED) is 0.593. The molecule has 0 radical (unpaired) electrons. The monoisotopic (exact) mass is 193 g/mol. The van der Waals surface area contributed by atoms with Crippen LogP contribution >= 0.6 is 0 Å². The van der Waals surface area contributed by atoms with Gasteiger partial charge in [0.05, 0.1) is 5.71 Å². The molecule has 0 N–H and O–H groups in total. The van der Waals surface area contributed by atoms with E-state index in [9.17, 15) is 0 Å². The van der Waals surface area contributed by atoms with Gasteiger partial charge in [-0.05, 0) is 32.6 Å². The molecule has 0 saturated carbocycles. The lowest BCUT2D eigenvalue weighted by Gasteiger charge is -2.16. The van der Waals surface area contributed by atoms with Crippen LogP contribution in [0.15, 0.2) is 30.5 Å². The molecular formula is C12H19NO. The van der Waals surface area contributed by atoms with Gasteiger partial charge >= 0.3 is 0 Å². The molecule has 1 heterocycles. The van der Waals surface area contributed by atoms with Crippen LogP contribution in [-0.2, 0) is 4.84 Å². The fourth-order valence-corrected chi connectivity index (χ4v) is 1.79. The molecule has 1 aliphatic heterocycles. The first-order valence-corrected chi connectivity index (χ1v) is 5.21. The van der Waals surface area contributed by atoms with Crippen LogP contribution in [0.2, 0.25) is 0 Å². The van der Waals surface area contributed by atoms with Crippen LogP contribution in [0.4, 0.5) is 0 Å². The van der Waals surface area contributed by atoms with Gasteiger partial charge in [-0.2, -0.15) is 0 Å². The van der Waals surface area contributed by atoms with E-state index in [1.165, 1.54) is 0 Å². The highest BCUT2D eigenvalue weighted by atomic mass is 16.6. The summed E-state index contributed by atoms with van der Waals surface area (Å²) in [5, 5.41) is 4.05. The fraction of sp³-hybridized carbons (Fsp3) is 0.583. The Bertz CT molecular complexity index is 232. The molecule has 78 valence electrons. The first kappa shape index (κ1) is 11.0. The smallest absolute Gasteiger partial charge is 0.136 e.